The van der Waals surface area contributed by atoms with Gasteiger partial charge in [0.25, 0.3) is 0 Å². The average molecular weight is 211 g/mol. The van der Waals surface area contributed by atoms with Crippen LogP contribution in [0.1, 0.15) is 0 Å². The fourth-order valence-corrected chi connectivity index (χ4v) is 1.53. The molecule has 1 aromatic heterocycles. The summed E-state index contributed by atoms with van der Waals surface area (Å²) in [5.74, 6) is 0. The minimum atomic E-state index is 0. The van der Waals surface area contributed by atoms with Gasteiger partial charge in [-0.1, -0.05) is 24.3 Å². The van der Waals surface area contributed by atoms with Crippen LogP contribution >= 0.6 is 12.6 Å². The van der Waals surface area contributed by atoms with E-state index in [-0.39, 0.29) is 29.6 Å². The zero-order valence-electron chi connectivity index (χ0n) is 7.01. The summed E-state index contributed by atoms with van der Waals surface area (Å²) in [6.45, 7) is 0. The van der Waals surface area contributed by atoms with Crippen molar-refractivity contribution in [2.75, 3.05) is 0 Å². The Morgan fingerprint density at radius 2 is 1.79 bits per heavy atom. The third kappa shape index (κ3) is 2.61. The number of thiol groups is 1. The normalized spacial score (nSPS) is 9.21. The van der Waals surface area contributed by atoms with E-state index < -0.39 is 0 Å². The van der Waals surface area contributed by atoms with Gasteiger partial charge in [0, 0.05) is 22.9 Å². The first-order chi connectivity index (χ1) is 6.38. The van der Waals surface area contributed by atoms with E-state index in [1.165, 1.54) is 0 Å². The Kier molecular flexibility index (Phi) is 4.69. The molecule has 0 fully saturated rings. The number of aromatic nitrogens is 1. The summed E-state index contributed by atoms with van der Waals surface area (Å²) in [5.41, 5.74) is 2.23. The fourth-order valence-electron chi connectivity index (χ4n) is 1.24. The van der Waals surface area contributed by atoms with Crippen LogP contribution in [0.3, 0.4) is 0 Å². The maximum atomic E-state index is 4.38. The second kappa shape index (κ2) is 5.56. The average Bonchev–Trinajstić information content (AvgIpc) is 2.20. The first-order valence-electron chi connectivity index (χ1n) is 4.06. The van der Waals surface area contributed by atoms with Gasteiger partial charge in [-0.15, -0.1) is 12.6 Å². The molecule has 0 radical (unpaired) electrons. The number of hydrogen-bond acceptors (Lipinski definition) is 2. The molecule has 0 unspecified atom stereocenters. The first kappa shape index (κ1) is 11.8. The van der Waals surface area contributed by atoms with Crippen LogP contribution < -0.4 is 0 Å². The molecule has 1 nitrogen and oxygen atoms in total. The van der Waals surface area contributed by atoms with Crippen molar-refractivity contribution in [1.29, 1.82) is 0 Å². The summed E-state index contributed by atoms with van der Waals surface area (Å²) in [6, 6.07) is 12.0. The molecule has 0 amide bonds. The standard InChI is InChI=1S/C11H9NS.Na.H/c13-11-6-2-1-5-10(11)9-4-3-7-12-8-9;;/h1-8,13H;;. The summed E-state index contributed by atoms with van der Waals surface area (Å²) < 4.78 is 0. The molecule has 1 heterocycles. The molecule has 1 aromatic carbocycles. The third-order valence-corrected chi connectivity index (χ3v) is 2.27. The molecule has 0 saturated carbocycles. The monoisotopic (exact) mass is 211 g/mol. The van der Waals surface area contributed by atoms with Crippen molar-refractivity contribution in [3.05, 3.63) is 48.8 Å². The Labute approximate surface area is 111 Å². The number of pyridine rings is 1. The summed E-state index contributed by atoms with van der Waals surface area (Å²) in [7, 11) is 0. The zero-order chi connectivity index (χ0) is 9.10. The molecular formula is C11H10NNaS. The van der Waals surface area contributed by atoms with Gasteiger partial charge in [0.05, 0.1) is 0 Å². The Balaban J connectivity index is 0.000000980. The Morgan fingerprint density at radius 3 is 2.43 bits per heavy atom. The number of benzene rings is 1. The van der Waals surface area contributed by atoms with E-state index in [4.69, 9.17) is 0 Å². The number of nitrogens with zero attached hydrogens (tertiary/aromatic N) is 1. The van der Waals surface area contributed by atoms with Gasteiger partial charge in [0.1, 0.15) is 0 Å². The van der Waals surface area contributed by atoms with Crippen molar-refractivity contribution in [3.8, 4) is 11.1 Å². The van der Waals surface area contributed by atoms with Crippen LogP contribution in [-0.4, -0.2) is 34.5 Å². The molecule has 2 rings (SSSR count). The first-order valence-corrected chi connectivity index (χ1v) is 4.51. The van der Waals surface area contributed by atoms with Crippen molar-refractivity contribution in [2.45, 2.75) is 4.90 Å². The second-order valence-corrected chi connectivity index (χ2v) is 3.24. The molecule has 0 N–H and O–H groups in total. The zero-order valence-corrected chi connectivity index (χ0v) is 7.91. The molecule has 2 aromatic rings. The van der Waals surface area contributed by atoms with Crippen LogP contribution in [0.15, 0.2) is 53.7 Å². The van der Waals surface area contributed by atoms with Crippen LogP contribution in [-0.2, 0) is 0 Å². The summed E-state index contributed by atoms with van der Waals surface area (Å²) in [4.78, 5) is 5.05. The molecule has 0 saturated heterocycles. The van der Waals surface area contributed by atoms with E-state index in [2.05, 4.69) is 17.6 Å². The van der Waals surface area contributed by atoms with E-state index in [0.29, 0.717) is 0 Å². The van der Waals surface area contributed by atoms with Crippen LogP contribution in [0.5, 0.6) is 0 Å². The summed E-state index contributed by atoms with van der Waals surface area (Å²) >= 11 is 4.38. The van der Waals surface area contributed by atoms with Crippen LogP contribution in [0, 0.1) is 0 Å². The van der Waals surface area contributed by atoms with Gasteiger partial charge >= 0.3 is 29.6 Å². The Hall–Kier alpha value is -0.280. The van der Waals surface area contributed by atoms with Gasteiger partial charge in [0.15, 0.2) is 0 Å². The van der Waals surface area contributed by atoms with Crippen molar-refractivity contribution >= 4 is 42.2 Å². The van der Waals surface area contributed by atoms with E-state index in [0.717, 1.165) is 16.0 Å². The van der Waals surface area contributed by atoms with Crippen molar-refractivity contribution in [3.63, 3.8) is 0 Å². The van der Waals surface area contributed by atoms with Gasteiger partial charge in [-0.25, -0.2) is 0 Å². The molecule has 0 aliphatic heterocycles. The molecule has 66 valence electrons. The number of rotatable bonds is 1. The van der Waals surface area contributed by atoms with Crippen LogP contribution in [0.25, 0.3) is 11.1 Å². The van der Waals surface area contributed by atoms with Gasteiger partial charge in [-0.3, -0.25) is 4.98 Å². The van der Waals surface area contributed by atoms with E-state index in [9.17, 15) is 0 Å². The Morgan fingerprint density at radius 1 is 1.00 bits per heavy atom. The Bertz CT molecular complexity index is 403. The minimum absolute atomic E-state index is 0. The second-order valence-electron chi connectivity index (χ2n) is 2.76. The van der Waals surface area contributed by atoms with Gasteiger partial charge in [-0.05, 0) is 17.7 Å². The van der Waals surface area contributed by atoms with E-state index in [1.54, 1.807) is 6.20 Å². The van der Waals surface area contributed by atoms with Crippen molar-refractivity contribution in [1.82, 2.24) is 4.98 Å². The van der Waals surface area contributed by atoms with E-state index >= 15 is 0 Å². The molecule has 0 spiro atoms. The summed E-state index contributed by atoms with van der Waals surface area (Å²) in [5, 5.41) is 0. The van der Waals surface area contributed by atoms with Crippen molar-refractivity contribution < 1.29 is 0 Å². The molecule has 0 aliphatic rings. The maximum absolute atomic E-state index is 4.38. The predicted molar refractivity (Wildman–Crippen MR) is 64.1 cm³/mol. The van der Waals surface area contributed by atoms with E-state index in [1.807, 2.05) is 42.6 Å². The summed E-state index contributed by atoms with van der Waals surface area (Å²) in [6.07, 6.45) is 3.61. The van der Waals surface area contributed by atoms with Gasteiger partial charge < -0.3 is 0 Å². The quantitative estimate of drug-likeness (QED) is 0.564. The molecule has 14 heavy (non-hydrogen) atoms. The third-order valence-electron chi connectivity index (χ3n) is 1.88. The SMILES string of the molecule is Sc1ccccc1-c1cccnc1.[NaH]. The predicted octanol–water partition coefficient (Wildman–Crippen LogP) is 2.39. The molecule has 0 atom stereocenters. The number of hydrogen-bond donors (Lipinski definition) is 1. The molecule has 0 bridgehead atoms. The van der Waals surface area contributed by atoms with Gasteiger partial charge in [-0.2, -0.15) is 0 Å². The topological polar surface area (TPSA) is 12.9 Å². The fraction of sp³-hybridized carbons (Fsp3) is 0. The molecule has 0 aliphatic carbocycles. The molecule has 3 heteroatoms. The van der Waals surface area contributed by atoms with Gasteiger partial charge in [0.2, 0.25) is 0 Å². The van der Waals surface area contributed by atoms with Crippen LogP contribution in [0.4, 0.5) is 0 Å². The molecular weight excluding hydrogens is 201 g/mol. The van der Waals surface area contributed by atoms with Crippen molar-refractivity contribution in [2.24, 2.45) is 0 Å². The van der Waals surface area contributed by atoms with Crippen LogP contribution in [0.2, 0.25) is 0 Å².